The van der Waals surface area contributed by atoms with Crippen LogP contribution in [0.1, 0.15) is 47.2 Å². The van der Waals surface area contributed by atoms with E-state index in [0.29, 0.717) is 12.2 Å². The van der Waals surface area contributed by atoms with Crippen molar-refractivity contribution in [2.45, 2.75) is 50.7 Å². The van der Waals surface area contributed by atoms with Gasteiger partial charge in [-0.3, -0.25) is 4.79 Å². The standard InChI is InChI=1S/C22H25NO5/c1-26-22(25)18(11-14-12-20-19(28-13-14)9-10-27-20)23-21(24)17-8-4-6-15-5-2-3-7-16(15)17/h4,6,8,12-13,18-19H,2-3,5,7,9-11H2,1H3,(H,23,24). The summed E-state index contributed by atoms with van der Waals surface area (Å²) >= 11 is 0. The SMILES string of the molecule is COC(=O)C(CC1=COC2CCOC2=C1)NC(=O)c1cccc2c1CCCC2. The third-order valence-corrected chi connectivity index (χ3v) is 5.55. The molecule has 0 bridgehead atoms. The summed E-state index contributed by atoms with van der Waals surface area (Å²) < 4.78 is 16.1. The minimum Gasteiger partial charge on any atom is -0.494 e. The summed E-state index contributed by atoms with van der Waals surface area (Å²) in [4.78, 5) is 25.3. The molecule has 1 fully saturated rings. The summed E-state index contributed by atoms with van der Waals surface area (Å²) in [5.41, 5.74) is 3.77. The van der Waals surface area contributed by atoms with Crippen LogP contribution in [0.2, 0.25) is 0 Å². The first-order valence-electron chi connectivity index (χ1n) is 9.84. The molecule has 1 aliphatic carbocycles. The Morgan fingerprint density at radius 2 is 2.14 bits per heavy atom. The molecule has 2 aliphatic heterocycles. The highest BCUT2D eigenvalue weighted by atomic mass is 16.5. The fourth-order valence-electron chi connectivity index (χ4n) is 4.08. The average molecular weight is 383 g/mol. The Bertz CT molecular complexity index is 841. The molecule has 1 N–H and O–H groups in total. The number of hydrogen-bond acceptors (Lipinski definition) is 5. The predicted octanol–water partition coefficient (Wildman–Crippen LogP) is 2.81. The number of rotatable bonds is 5. The van der Waals surface area contributed by atoms with Crippen LogP contribution in [0.3, 0.4) is 0 Å². The van der Waals surface area contributed by atoms with Gasteiger partial charge in [-0.1, -0.05) is 12.1 Å². The first kappa shape index (κ1) is 18.6. The maximum Gasteiger partial charge on any atom is 0.328 e. The largest absolute Gasteiger partial charge is 0.494 e. The zero-order valence-corrected chi connectivity index (χ0v) is 16.0. The monoisotopic (exact) mass is 383 g/mol. The highest BCUT2D eigenvalue weighted by molar-refractivity contribution is 5.98. The summed E-state index contributed by atoms with van der Waals surface area (Å²) in [6, 6.07) is 5.03. The number of fused-ring (bicyclic) bond motifs is 2. The third kappa shape index (κ3) is 3.77. The van der Waals surface area contributed by atoms with Crippen LogP contribution < -0.4 is 5.32 Å². The second-order valence-electron chi connectivity index (χ2n) is 7.41. The van der Waals surface area contributed by atoms with E-state index in [9.17, 15) is 9.59 Å². The van der Waals surface area contributed by atoms with E-state index in [1.165, 1.54) is 12.7 Å². The molecule has 0 radical (unpaired) electrons. The van der Waals surface area contributed by atoms with Gasteiger partial charge in [-0.05, 0) is 54.5 Å². The molecule has 1 saturated heterocycles. The van der Waals surface area contributed by atoms with Gasteiger partial charge in [-0.2, -0.15) is 0 Å². The number of methoxy groups -OCH3 is 1. The first-order chi connectivity index (χ1) is 13.7. The van der Waals surface area contributed by atoms with Crippen molar-refractivity contribution < 1.29 is 23.8 Å². The Morgan fingerprint density at radius 1 is 1.29 bits per heavy atom. The zero-order valence-electron chi connectivity index (χ0n) is 16.0. The summed E-state index contributed by atoms with van der Waals surface area (Å²) in [5, 5.41) is 2.86. The molecule has 0 saturated carbocycles. The number of amides is 1. The van der Waals surface area contributed by atoms with Gasteiger partial charge in [-0.15, -0.1) is 0 Å². The number of aryl methyl sites for hydroxylation is 1. The number of esters is 1. The minimum atomic E-state index is -0.790. The molecular formula is C22H25NO5. The number of ether oxygens (including phenoxy) is 3. The van der Waals surface area contributed by atoms with Gasteiger partial charge < -0.3 is 19.5 Å². The van der Waals surface area contributed by atoms with Gasteiger partial charge in [0.15, 0.2) is 6.10 Å². The van der Waals surface area contributed by atoms with E-state index in [1.54, 1.807) is 6.26 Å². The summed E-state index contributed by atoms with van der Waals surface area (Å²) in [6.45, 7) is 0.633. The lowest BCUT2D eigenvalue weighted by Gasteiger charge is -2.23. The molecule has 0 aromatic heterocycles. The Labute approximate surface area is 164 Å². The second kappa shape index (κ2) is 8.09. The highest BCUT2D eigenvalue weighted by Crippen LogP contribution is 2.29. The topological polar surface area (TPSA) is 73.9 Å². The van der Waals surface area contributed by atoms with Crippen LogP contribution in [-0.4, -0.2) is 37.7 Å². The smallest absolute Gasteiger partial charge is 0.328 e. The van der Waals surface area contributed by atoms with Gasteiger partial charge in [0.05, 0.1) is 20.0 Å². The van der Waals surface area contributed by atoms with E-state index in [4.69, 9.17) is 14.2 Å². The predicted molar refractivity (Wildman–Crippen MR) is 103 cm³/mol. The fourth-order valence-corrected chi connectivity index (χ4v) is 4.08. The maximum atomic E-state index is 13.0. The Morgan fingerprint density at radius 3 is 3.00 bits per heavy atom. The second-order valence-corrected chi connectivity index (χ2v) is 7.41. The van der Waals surface area contributed by atoms with Crippen LogP contribution in [0.25, 0.3) is 0 Å². The molecular weight excluding hydrogens is 358 g/mol. The summed E-state index contributed by atoms with van der Waals surface area (Å²) in [6.07, 6.45) is 8.74. The molecule has 4 rings (SSSR count). The van der Waals surface area contributed by atoms with Crippen LogP contribution in [0.5, 0.6) is 0 Å². The van der Waals surface area contributed by atoms with Crippen LogP contribution >= 0.6 is 0 Å². The van der Waals surface area contributed by atoms with E-state index in [1.807, 2.05) is 18.2 Å². The lowest BCUT2D eigenvalue weighted by molar-refractivity contribution is -0.142. The van der Waals surface area contributed by atoms with Crippen molar-refractivity contribution in [3.05, 3.63) is 58.6 Å². The molecule has 148 valence electrons. The van der Waals surface area contributed by atoms with Crippen LogP contribution in [-0.2, 0) is 31.8 Å². The van der Waals surface area contributed by atoms with Gasteiger partial charge in [0.25, 0.3) is 5.91 Å². The maximum absolute atomic E-state index is 13.0. The van der Waals surface area contributed by atoms with Gasteiger partial charge in [0.1, 0.15) is 11.8 Å². The van der Waals surface area contributed by atoms with E-state index < -0.39 is 12.0 Å². The lowest BCUT2D eigenvalue weighted by atomic mass is 9.88. The highest BCUT2D eigenvalue weighted by Gasteiger charge is 2.30. The molecule has 2 atom stereocenters. The normalized spacial score (nSPS) is 21.1. The van der Waals surface area contributed by atoms with Crippen LogP contribution in [0, 0.1) is 0 Å². The number of allylic oxidation sites excluding steroid dienone is 1. The Kier molecular flexibility index (Phi) is 5.37. The molecule has 1 aromatic carbocycles. The van der Waals surface area contributed by atoms with E-state index in [2.05, 4.69) is 11.4 Å². The van der Waals surface area contributed by atoms with Crippen molar-refractivity contribution >= 4 is 11.9 Å². The number of carbonyl (C=O) groups is 2. The molecule has 2 heterocycles. The average Bonchev–Trinajstić information content (AvgIpc) is 3.20. The van der Waals surface area contributed by atoms with Crippen molar-refractivity contribution in [2.24, 2.45) is 0 Å². The number of hydrogen-bond donors (Lipinski definition) is 1. The first-order valence-corrected chi connectivity index (χ1v) is 9.84. The van der Waals surface area contributed by atoms with Gasteiger partial charge in [-0.25, -0.2) is 4.79 Å². The number of nitrogens with one attached hydrogen (secondary N) is 1. The Hall–Kier alpha value is -2.76. The summed E-state index contributed by atoms with van der Waals surface area (Å²) in [5.74, 6) is 0.0607. The molecule has 0 spiro atoms. The van der Waals surface area contributed by atoms with Gasteiger partial charge in [0, 0.05) is 18.4 Å². The van der Waals surface area contributed by atoms with E-state index >= 15 is 0 Å². The van der Waals surface area contributed by atoms with Crippen LogP contribution in [0.15, 0.2) is 41.9 Å². The van der Waals surface area contributed by atoms with Crippen molar-refractivity contribution in [3.63, 3.8) is 0 Å². The van der Waals surface area contributed by atoms with Crippen molar-refractivity contribution in [3.8, 4) is 0 Å². The fraction of sp³-hybridized carbons (Fsp3) is 0.455. The molecule has 1 aromatic rings. The summed E-state index contributed by atoms with van der Waals surface area (Å²) in [7, 11) is 1.33. The molecule has 2 unspecified atom stereocenters. The lowest BCUT2D eigenvalue weighted by Crippen LogP contribution is -2.42. The zero-order chi connectivity index (χ0) is 19.5. The van der Waals surface area contributed by atoms with Gasteiger partial charge >= 0.3 is 5.97 Å². The molecule has 6 heteroatoms. The minimum absolute atomic E-state index is 0.0363. The van der Waals surface area contributed by atoms with Crippen molar-refractivity contribution in [1.29, 1.82) is 0 Å². The molecule has 1 amide bonds. The third-order valence-electron chi connectivity index (χ3n) is 5.55. The quantitative estimate of drug-likeness (QED) is 0.792. The van der Waals surface area contributed by atoms with Crippen LogP contribution in [0.4, 0.5) is 0 Å². The van der Waals surface area contributed by atoms with E-state index in [-0.39, 0.29) is 18.4 Å². The molecule has 6 nitrogen and oxygen atoms in total. The molecule has 3 aliphatic rings. The number of carbonyl (C=O) groups excluding carboxylic acids is 2. The molecule has 28 heavy (non-hydrogen) atoms. The van der Waals surface area contributed by atoms with E-state index in [0.717, 1.165) is 49.0 Å². The van der Waals surface area contributed by atoms with Crippen molar-refractivity contribution in [1.82, 2.24) is 5.32 Å². The van der Waals surface area contributed by atoms with Gasteiger partial charge in [0.2, 0.25) is 0 Å². The number of benzene rings is 1. The van der Waals surface area contributed by atoms with Crippen molar-refractivity contribution in [2.75, 3.05) is 13.7 Å². The Balaban J connectivity index is 1.50.